The van der Waals surface area contributed by atoms with Crippen molar-refractivity contribution in [3.8, 4) is 0 Å². The zero-order chi connectivity index (χ0) is 14.1. The normalized spacial score (nSPS) is 19.1. The molecule has 3 rings (SSSR count). The Bertz CT molecular complexity index is 624. The molecule has 3 heteroatoms. The van der Waals surface area contributed by atoms with Crippen LogP contribution in [0.5, 0.6) is 0 Å². The van der Waals surface area contributed by atoms with Crippen LogP contribution in [0.2, 0.25) is 0 Å². The highest BCUT2D eigenvalue weighted by Crippen LogP contribution is 2.50. The van der Waals surface area contributed by atoms with E-state index in [4.69, 9.17) is 0 Å². The van der Waals surface area contributed by atoms with Crippen LogP contribution in [0.25, 0.3) is 0 Å². The summed E-state index contributed by atoms with van der Waals surface area (Å²) >= 11 is 1.45. The molecule has 0 fully saturated rings. The molecule has 0 radical (unpaired) electrons. The maximum atomic E-state index is 12.2. The second-order valence-electron chi connectivity index (χ2n) is 5.23. The summed E-state index contributed by atoms with van der Waals surface area (Å²) < 4.78 is 0. The lowest BCUT2D eigenvalue weighted by molar-refractivity contribution is 0.109. The fraction of sp³-hybridized carbons (Fsp3) is 0.235. The van der Waals surface area contributed by atoms with E-state index in [0.29, 0.717) is 0 Å². The zero-order valence-electron chi connectivity index (χ0n) is 11.6. The van der Waals surface area contributed by atoms with Gasteiger partial charge in [-0.05, 0) is 25.2 Å². The van der Waals surface area contributed by atoms with Gasteiger partial charge in [0.15, 0.2) is 0 Å². The molecule has 2 aromatic rings. The van der Waals surface area contributed by atoms with Gasteiger partial charge in [0.25, 0.3) is 0 Å². The SMILES string of the molecule is CN(C)[C@H](c1ccccc1)[C@@H]1SC(=O)c2ccccc21. The summed E-state index contributed by atoms with van der Waals surface area (Å²) in [5.74, 6) is 0. The maximum Gasteiger partial charge on any atom is 0.220 e. The molecule has 0 saturated carbocycles. The number of rotatable bonds is 3. The predicted octanol–water partition coefficient (Wildman–Crippen LogP) is 3.92. The Morgan fingerprint density at radius 3 is 2.35 bits per heavy atom. The molecule has 0 unspecified atom stereocenters. The third-order valence-corrected chi connectivity index (χ3v) is 4.91. The minimum atomic E-state index is 0.163. The number of fused-ring (bicyclic) bond motifs is 1. The smallest absolute Gasteiger partial charge is 0.220 e. The van der Waals surface area contributed by atoms with Crippen molar-refractivity contribution < 1.29 is 4.79 Å². The van der Waals surface area contributed by atoms with E-state index in [1.165, 1.54) is 17.3 Å². The summed E-state index contributed by atoms with van der Waals surface area (Å²) in [6.45, 7) is 0. The van der Waals surface area contributed by atoms with Crippen LogP contribution in [0, 0.1) is 0 Å². The van der Waals surface area contributed by atoms with E-state index in [1.807, 2.05) is 24.3 Å². The van der Waals surface area contributed by atoms with Crippen LogP contribution in [0.1, 0.15) is 32.8 Å². The van der Waals surface area contributed by atoms with E-state index >= 15 is 0 Å². The Hall–Kier alpha value is -1.58. The van der Waals surface area contributed by atoms with E-state index in [-0.39, 0.29) is 16.4 Å². The van der Waals surface area contributed by atoms with E-state index in [9.17, 15) is 4.79 Å². The lowest BCUT2D eigenvalue weighted by atomic mass is 9.95. The number of nitrogens with zero attached hydrogens (tertiary/aromatic N) is 1. The first kappa shape index (κ1) is 13.4. The minimum Gasteiger partial charge on any atom is -0.301 e. The average molecular weight is 283 g/mol. The van der Waals surface area contributed by atoms with Gasteiger partial charge in [-0.15, -0.1) is 0 Å². The Balaban J connectivity index is 2.05. The molecule has 0 N–H and O–H groups in total. The predicted molar refractivity (Wildman–Crippen MR) is 84.0 cm³/mol. The van der Waals surface area contributed by atoms with Crippen molar-refractivity contribution in [2.75, 3.05) is 14.1 Å². The van der Waals surface area contributed by atoms with Gasteiger partial charge in [0.05, 0.1) is 11.3 Å². The average Bonchev–Trinajstić information content (AvgIpc) is 2.78. The Morgan fingerprint density at radius 1 is 1.00 bits per heavy atom. The Kier molecular flexibility index (Phi) is 3.64. The standard InChI is InChI=1S/C17H17NOS/c1-18(2)15(12-8-4-3-5-9-12)16-13-10-6-7-11-14(13)17(19)20-16/h3-11,15-16H,1-2H3/t15-,16-/m1/s1. The first-order valence-electron chi connectivity index (χ1n) is 6.70. The van der Waals surface area contributed by atoms with Gasteiger partial charge < -0.3 is 4.90 Å². The molecule has 102 valence electrons. The third kappa shape index (κ3) is 2.28. The molecular formula is C17H17NOS. The molecule has 1 aliphatic rings. The lowest BCUT2D eigenvalue weighted by Crippen LogP contribution is -2.24. The van der Waals surface area contributed by atoms with E-state index in [1.54, 1.807) is 0 Å². The van der Waals surface area contributed by atoms with Crippen LogP contribution < -0.4 is 0 Å². The van der Waals surface area contributed by atoms with Gasteiger partial charge in [0, 0.05) is 5.56 Å². The summed E-state index contributed by atoms with van der Waals surface area (Å²) in [6.07, 6.45) is 0. The van der Waals surface area contributed by atoms with E-state index < -0.39 is 0 Å². The van der Waals surface area contributed by atoms with E-state index in [2.05, 4.69) is 49.3 Å². The largest absolute Gasteiger partial charge is 0.301 e. The molecule has 0 saturated heterocycles. The molecule has 2 atom stereocenters. The molecule has 20 heavy (non-hydrogen) atoms. The number of carbonyl (C=O) groups excluding carboxylic acids is 1. The number of hydrogen-bond donors (Lipinski definition) is 0. The number of thioether (sulfide) groups is 1. The fourth-order valence-electron chi connectivity index (χ4n) is 2.80. The first-order chi connectivity index (χ1) is 9.68. The van der Waals surface area contributed by atoms with Gasteiger partial charge >= 0.3 is 0 Å². The molecule has 0 bridgehead atoms. The highest BCUT2D eigenvalue weighted by Gasteiger charge is 2.37. The number of benzene rings is 2. The summed E-state index contributed by atoms with van der Waals surface area (Å²) in [6, 6.07) is 18.6. The molecule has 2 nitrogen and oxygen atoms in total. The van der Waals surface area contributed by atoms with Crippen molar-refractivity contribution in [3.05, 3.63) is 71.3 Å². The molecule has 0 aromatic heterocycles. The highest BCUT2D eigenvalue weighted by molar-refractivity contribution is 8.14. The second kappa shape index (κ2) is 5.43. The number of hydrogen-bond acceptors (Lipinski definition) is 3. The summed E-state index contributed by atoms with van der Waals surface area (Å²) in [7, 11) is 4.15. The minimum absolute atomic E-state index is 0.163. The van der Waals surface area contributed by atoms with Gasteiger partial charge in [0.2, 0.25) is 5.12 Å². The van der Waals surface area contributed by atoms with Crippen LogP contribution in [0.3, 0.4) is 0 Å². The molecule has 1 heterocycles. The monoisotopic (exact) mass is 283 g/mol. The Labute approximate surface area is 123 Å². The summed E-state index contributed by atoms with van der Waals surface area (Å²) in [4.78, 5) is 14.4. The second-order valence-corrected chi connectivity index (χ2v) is 6.35. The quantitative estimate of drug-likeness (QED) is 0.851. The summed E-state index contributed by atoms with van der Waals surface area (Å²) in [5.41, 5.74) is 3.27. The Morgan fingerprint density at radius 2 is 1.65 bits per heavy atom. The van der Waals surface area contributed by atoms with Crippen molar-refractivity contribution in [1.29, 1.82) is 0 Å². The molecule has 1 aliphatic heterocycles. The topological polar surface area (TPSA) is 20.3 Å². The number of likely N-dealkylation sites (N-methyl/N-ethyl adjacent to an activating group) is 1. The van der Waals surface area contributed by atoms with Crippen molar-refractivity contribution in [2.24, 2.45) is 0 Å². The van der Waals surface area contributed by atoms with E-state index in [0.717, 1.165) is 11.1 Å². The van der Waals surface area contributed by atoms with Gasteiger partial charge in [-0.1, -0.05) is 66.4 Å². The zero-order valence-corrected chi connectivity index (χ0v) is 12.4. The third-order valence-electron chi connectivity index (χ3n) is 3.71. The molecule has 0 spiro atoms. The molecular weight excluding hydrogens is 266 g/mol. The van der Waals surface area contributed by atoms with Gasteiger partial charge in [-0.3, -0.25) is 4.79 Å². The molecule has 0 amide bonds. The highest BCUT2D eigenvalue weighted by atomic mass is 32.2. The van der Waals surface area contributed by atoms with Gasteiger partial charge in [0.1, 0.15) is 0 Å². The fourth-order valence-corrected chi connectivity index (χ4v) is 4.21. The van der Waals surface area contributed by atoms with Gasteiger partial charge in [-0.25, -0.2) is 0 Å². The van der Waals surface area contributed by atoms with Crippen molar-refractivity contribution in [2.45, 2.75) is 11.3 Å². The van der Waals surface area contributed by atoms with Crippen molar-refractivity contribution >= 4 is 16.9 Å². The van der Waals surface area contributed by atoms with Crippen molar-refractivity contribution in [3.63, 3.8) is 0 Å². The molecule has 2 aromatic carbocycles. The summed E-state index contributed by atoms with van der Waals surface area (Å²) in [5, 5.41) is 0.351. The lowest BCUT2D eigenvalue weighted by Gasteiger charge is -2.30. The van der Waals surface area contributed by atoms with Crippen molar-refractivity contribution in [1.82, 2.24) is 4.90 Å². The number of carbonyl (C=O) groups is 1. The van der Waals surface area contributed by atoms with Crippen LogP contribution in [0.4, 0.5) is 0 Å². The maximum absolute atomic E-state index is 12.2. The van der Waals surface area contributed by atoms with Crippen LogP contribution in [-0.4, -0.2) is 24.1 Å². The molecule has 0 aliphatic carbocycles. The van der Waals surface area contributed by atoms with Gasteiger partial charge in [-0.2, -0.15) is 0 Å². The van der Waals surface area contributed by atoms with Crippen LogP contribution in [-0.2, 0) is 0 Å². The van der Waals surface area contributed by atoms with Crippen LogP contribution >= 0.6 is 11.8 Å². The first-order valence-corrected chi connectivity index (χ1v) is 7.57. The van der Waals surface area contributed by atoms with Crippen LogP contribution in [0.15, 0.2) is 54.6 Å².